The van der Waals surface area contributed by atoms with Gasteiger partial charge in [0.25, 0.3) is 0 Å². The molecule has 0 aliphatic heterocycles. The summed E-state index contributed by atoms with van der Waals surface area (Å²) in [5.41, 5.74) is 9.69. The number of nitrogens with one attached hydrogen (secondary N) is 1. The number of H-pyrrole nitrogens is 1. The van der Waals surface area contributed by atoms with Crippen molar-refractivity contribution >= 4 is 18.2 Å². The highest BCUT2D eigenvalue weighted by molar-refractivity contribution is 5.83. The lowest BCUT2D eigenvalue weighted by Crippen LogP contribution is -1.96. The molecule has 0 aliphatic rings. The maximum absolute atomic E-state index is 4.03. The zero-order chi connectivity index (χ0) is 17.1. The van der Waals surface area contributed by atoms with Crippen molar-refractivity contribution in [3.8, 4) is 11.3 Å². The molecule has 2 aromatic heterocycles. The second kappa shape index (κ2) is 6.74. The Morgan fingerprint density at radius 3 is 2.30 bits per heavy atom. The number of hydrogen-bond donors (Lipinski definition) is 1. The smallest absolute Gasteiger partial charge is 0.0579 e. The van der Waals surface area contributed by atoms with Crippen LogP contribution in [0.15, 0.2) is 31.4 Å². The van der Waals surface area contributed by atoms with E-state index in [9.17, 15) is 0 Å². The summed E-state index contributed by atoms with van der Waals surface area (Å²) in [5.74, 6) is 0. The van der Waals surface area contributed by atoms with Gasteiger partial charge in [-0.1, -0.05) is 37.5 Å². The second-order valence-electron chi connectivity index (χ2n) is 5.79. The molecular formula is C21H26N2. The fraction of sp³-hybridized carbons (Fsp3) is 0.238. The molecule has 2 heteroatoms. The van der Waals surface area contributed by atoms with E-state index < -0.39 is 0 Å². The molecular weight excluding hydrogens is 280 g/mol. The summed E-state index contributed by atoms with van der Waals surface area (Å²) < 4.78 is 2.24. The third kappa shape index (κ3) is 2.77. The van der Waals surface area contributed by atoms with Gasteiger partial charge in [0.2, 0.25) is 0 Å². The van der Waals surface area contributed by atoms with Crippen LogP contribution in [0, 0.1) is 20.8 Å². The minimum absolute atomic E-state index is 1.16. The first kappa shape index (κ1) is 16.9. The van der Waals surface area contributed by atoms with Gasteiger partial charge >= 0.3 is 0 Å². The topological polar surface area (TPSA) is 20.7 Å². The van der Waals surface area contributed by atoms with E-state index in [0.29, 0.717) is 0 Å². The Bertz CT molecular complexity index is 808. The monoisotopic (exact) mass is 306 g/mol. The molecule has 0 aliphatic carbocycles. The van der Waals surface area contributed by atoms with E-state index >= 15 is 0 Å². The Morgan fingerprint density at radius 2 is 1.74 bits per heavy atom. The first-order chi connectivity index (χ1) is 11.0. The van der Waals surface area contributed by atoms with Crippen LogP contribution in [-0.2, 0) is 7.05 Å². The lowest BCUT2D eigenvalue weighted by Gasteiger charge is -2.08. The van der Waals surface area contributed by atoms with Gasteiger partial charge in [0.15, 0.2) is 0 Å². The van der Waals surface area contributed by atoms with E-state index in [4.69, 9.17) is 0 Å². The fourth-order valence-electron chi connectivity index (χ4n) is 3.28. The largest absolute Gasteiger partial charge is 0.358 e. The SMILES string of the molecule is C=C/C=C\c1c(C)c(C=C)c(-c2c(C)[nH]c(/C=C\C)c2C)n1C. The highest BCUT2D eigenvalue weighted by Crippen LogP contribution is 2.37. The number of hydrogen-bond acceptors (Lipinski definition) is 0. The highest BCUT2D eigenvalue weighted by Gasteiger charge is 2.21. The molecule has 2 nitrogen and oxygen atoms in total. The third-order valence-electron chi connectivity index (χ3n) is 4.38. The van der Waals surface area contributed by atoms with Crippen LogP contribution in [-0.4, -0.2) is 9.55 Å². The average molecular weight is 306 g/mol. The molecule has 0 radical (unpaired) electrons. The van der Waals surface area contributed by atoms with Crippen molar-refractivity contribution in [1.82, 2.24) is 9.55 Å². The van der Waals surface area contributed by atoms with Gasteiger partial charge in [-0.15, -0.1) is 0 Å². The predicted octanol–water partition coefficient (Wildman–Crippen LogP) is 5.82. The van der Waals surface area contributed by atoms with Crippen molar-refractivity contribution in [2.75, 3.05) is 0 Å². The minimum atomic E-state index is 1.16. The maximum atomic E-state index is 4.03. The first-order valence-corrected chi connectivity index (χ1v) is 7.90. The number of rotatable bonds is 5. The molecule has 2 aromatic rings. The molecule has 1 N–H and O–H groups in total. The Hall–Kier alpha value is -2.48. The van der Waals surface area contributed by atoms with Gasteiger partial charge in [-0.3, -0.25) is 0 Å². The maximum Gasteiger partial charge on any atom is 0.0579 e. The zero-order valence-corrected chi connectivity index (χ0v) is 14.8. The summed E-state index contributed by atoms with van der Waals surface area (Å²) in [6, 6.07) is 0. The summed E-state index contributed by atoms with van der Waals surface area (Å²) in [5, 5.41) is 0. The van der Waals surface area contributed by atoms with Crippen molar-refractivity contribution in [3.05, 3.63) is 65.2 Å². The summed E-state index contributed by atoms with van der Waals surface area (Å²) in [6.45, 7) is 16.3. The van der Waals surface area contributed by atoms with Crippen LogP contribution < -0.4 is 0 Å². The number of nitrogens with zero attached hydrogens (tertiary/aromatic N) is 1. The average Bonchev–Trinajstić information content (AvgIpc) is 2.91. The lowest BCUT2D eigenvalue weighted by molar-refractivity contribution is 0.917. The van der Waals surface area contributed by atoms with Gasteiger partial charge < -0.3 is 9.55 Å². The standard InChI is InChI=1S/C21H26N2/c1-8-11-13-19-14(4)17(10-3)21(23(19)7)20-15(5)18(12-9-2)22-16(20)6/h8-13,22H,1,3H2,2,4-7H3/b12-9-,13-11-. The van der Waals surface area contributed by atoms with Gasteiger partial charge in [-0.2, -0.15) is 0 Å². The Labute approximate surface area is 139 Å². The molecule has 0 fully saturated rings. The van der Waals surface area contributed by atoms with Gasteiger partial charge in [-0.25, -0.2) is 0 Å². The van der Waals surface area contributed by atoms with Gasteiger partial charge in [-0.05, 0) is 51.0 Å². The van der Waals surface area contributed by atoms with Crippen molar-refractivity contribution in [2.45, 2.75) is 27.7 Å². The van der Waals surface area contributed by atoms with E-state index in [0.717, 1.165) is 5.69 Å². The minimum Gasteiger partial charge on any atom is -0.358 e. The van der Waals surface area contributed by atoms with Crippen LogP contribution >= 0.6 is 0 Å². The van der Waals surface area contributed by atoms with E-state index in [1.165, 1.54) is 39.3 Å². The molecule has 2 heterocycles. The number of aromatic nitrogens is 2. The van der Waals surface area contributed by atoms with Crippen LogP contribution in [0.5, 0.6) is 0 Å². The molecule has 0 unspecified atom stereocenters. The number of aromatic amines is 1. The molecule has 0 atom stereocenters. The number of allylic oxidation sites excluding steroid dienone is 3. The van der Waals surface area contributed by atoms with Crippen molar-refractivity contribution < 1.29 is 0 Å². The summed E-state index contributed by atoms with van der Waals surface area (Å²) in [7, 11) is 2.11. The second-order valence-corrected chi connectivity index (χ2v) is 5.79. The van der Waals surface area contributed by atoms with Crippen LogP contribution in [0.25, 0.3) is 29.5 Å². The molecule has 23 heavy (non-hydrogen) atoms. The van der Waals surface area contributed by atoms with Crippen molar-refractivity contribution in [3.63, 3.8) is 0 Å². The van der Waals surface area contributed by atoms with Crippen LogP contribution in [0.3, 0.4) is 0 Å². The van der Waals surface area contributed by atoms with Crippen LogP contribution in [0.1, 0.15) is 40.7 Å². The lowest BCUT2D eigenvalue weighted by atomic mass is 10.0. The normalized spacial score (nSPS) is 11.7. The van der Waals surface area contributed by atoms with Crippen LogP contribution in [0.4, 0.5) is 0 Å². The van der Waals surface area contributed by atoms with E-state index in [2.05, 4.69) is 68.8 Å². The van der Waals surface area contributed by atoms with Gasteiger partial charge in [0.05, 0.1) is 5.69 Å². The van der Waals surface area contributed by atoms with Crippen molar-refractivity contribution in [2.24, 2.45) is 7.05 Å². The molecule has 0 aromatic carbocycles. The predicted molar refractivity (Wildman–Crippen MR) is 103 cm³/mol. The zero-order valence-electron chi connectivity index (χ0n) is 14.8. The first-order valence-electron chi connectivity index (χ1n) is 7.90. The highest BCUT2D eigenvalue weighted by atomic mass is 15.0. The molecule has 0 amide bonds. The Morgan fingerprint density at radius 1 is 1.04 bits per heavy atom. The fourth-order valence-corrected chi connectivity index (χ4v) is 3.28. The molecule has 0 saturated heterocycles. The van der Waals surface area contributed by atoms with E-state index in [1.54, 1.807) is 6.08 Å². The summed E-state index contributed by atoms with van der Waals surface area (Å²) in [4.78, 5) is 3.49. The van der Waals surface area contributed by atoms with Crippen LogP contribution in [0.2, 0.25) is 0 Å². The Balaban J connectivity index is 2.81. The number of aryl methyl sites for hydroxylation is 1. The van der Waals surface area contributed by atoms with Gasteiger partial charge in [0, 0.05) is 35.3 Å². The Kier molecular flexibility index (Phi) is 4.95. The molecule has 0 bridgehead atoms. The van der Waals surface area contributed by atoms with Gasteiger partial charge in [0.1, 0.15) is 0 Å². The quantitative estimate of drug-likeness (QED) is 0.672. The third-order valence-corrected chi connectivity index (χ3v) is 4.38. The molecule has 2 rings (SSSR count). The molecule has 0 spiro atoms. The molecule has 0 saturated carbocycles. The van der Waals surface area contributed by atoms with Crippen molar-refractivity contribution in [1.29, 1.82) is 0 Å². The summed E-state index contributed by atoms with van der Waals surface area (Å²) >= 11 is 0. The molecule has 120 valence electrons. The van der Waals surface area contributed by atoms with E-state index in [1.807, 2.05) is 19.1 Å². The summed E-state index contributed by atoms with van der Waals surface area (Å²) in [6.07, 6.45) is 12.0. The van der Waals surface area contributed by atoms with E-state index in [-0.39, 0.29) is 0 Å².